The van der Waals surface area contributed by atoms with Gasteiger partial charge in [-0.2, -0.15) is 0 Å². The highest BCUT2D eigenvalue weighted by Gasteiger charge is 2.17. The van der Waals surface area contributed by atoms with E-state index in [1.54, 1.807) is 12.1 Å². The maximum atomic E-state index is 12.3. The molecule has 1 heterocycles. The molecule has 0 bridgehead atoms. The van der Waals surface area contributed by atoms with Gasteiger partial charge in [0.25, 0.3) is 5.91 Å². The van der Waals surface area contributed by atoms with Gasteiger partial charge in [0, 0.05) is 22.4 Å². The van der Waals surface area contributed by atoms with Crippen LogP contribution in [0.3, 0.4) is 0 Å². The summed E-state index contributed by atoms with van der Waals surface area (Å²) in [5.74, 6) is -0.699. The minimum absolute atomic E-state index is 0.0814. The second-order valence-corrected chi connectivity index (χ2v) is 7.07. The van der Waals surface area contributed by atoms with Gasteiger partial charge >= 0.3 is 0 Å². The molecular weight excluding hydrogens is 372 g/mol. The molecular formula is C19H17ClN2O3S. The van der Waals surface area contributed by atoms with Crippen molar-refractivity contribution in [1.29, 1.82) is 0 Å². The lowest BCUT2D eigenvalue weighted by Gasteiger charge is -2.07. The van der Waals surface area contributed by atoms with Crippen LogP contribution in [0.4, 0.5) is 5.69 Å². The van der Waals surface area contributed by atoms with Crippen molar-refractivity contribution in [3.63, 3.8) is 0 Å². The van der Waals surface area contributed by atoms with E-state index < -0.39 is 0 Å². The number of carbonyl (C=O) groups is 2. The molecule has 0 atom stereocenters. The van der Waals surface area contributed by atoms with Gasteiger partial charge in [-0.3, -0.25) is 9.59 Å². The van der Waals surface area contributed by atoms with Gasteiger partial charge in [-0.1, -0.05) is 41.9 Å². The van der Waals surface area contributed by atoms with E-state index in [9.17, 15) is 9.59 Å². The molecule has 7 heteroatoms. The molecule has 0 unspecified atom stereocenters. The van der Waals surface area contributed by atoms with Crippen molar-refractivity contribution in [3.8, 4) is 0 Å². The quantitative estimate of drug-likeness (QED) is 0.605. The van der Waals surface area contributed by atoms with Crippen molar-refractivity contribution in [2.24, 2.45) is 0 Å². The summed E-state index contributed by atoms with van der Waals surface area (Å²) >= 11 is 7.57. The van der Waals surface area contributed by atoms with Crippen molar-refractivity contribution in [2.45, 2.75) is 6.42 Å². The number of carbonyl (C=O) groups excluding carboxylic acids is 2. The summed E-state index contributed by atoms with van der Waals surface area (Å²) in [6.07, 6.45) is 0.570. The normalized spacial score (nSPS) is 10.7. The van der Waals surface area contributed by atoms with E-state index in [1.165, 1.54) is 11.3 Å². The number of aliphatic hydroxyl groups excluding tert-OH is 1. The minimum atomic E-state index is -0.371. The number of fused-ring (bicyclic) bond motifs is 1. The summed E-state index contributed by atoms with van der Waals surface area (Å²) in [5, 5.41) is 15.4. The molecule has 0 aliphatic heterocycles. The second kappa shape index (κ2) is 8.31. The van der Waals surface area contributed by atoms with Gasteiger partial charge in [-0.25, -0.2) is 0 Å². The van der Waals surface area contributed by atoms with Crippen LogP contribution in [0.2, 0.25) is 5.02 Å². The Morgan fingerprint density at radius 3 is 2.50 bits per heavy atom. The number of aliphatic hydroxyl groups is 1. The zero-order chi connectivity index (χ0) is 18.5. The summed E-state index contributed by atoms with van der Waals surface area (Å²) in [7, 11) is 0. The standard InChI is InChI=1S/C19H17ClN2O3S/c20-17-14-3-1-2-4-15(14)26-18(17)19(25)21-11-16(24)22-13-7-5-12(6-8-13)9-10-23/h1-8,23H,9-11H2,(H,21,25)(H,22,24). The Bertz CT molecular complexity index is 938. The average Bonchev–Trinajstić information content (AvgIpc) is 2.99. The van der Waals surface area contributed by atoms with Crippen LogP contribution >= 0.6 is 22.9 Å². The van der Waals surface area contributed by atoms with Crippen molar-refractivity contribution in [1.82, 2.24) is 5.32 Å². The highest BCUT2D eigenvalue weighted by atomic mass is 35.5. The summed E-state index contributed by atoms with van der Waals surface area (Å²) in [6, 6.07) is 14.7. The molecule has 0 spiro atoms. The van der Waals surface area contributed by atoms with Crippen LogP contribution in [-0.2, 0) is 11.2 Å². The molecule has 3 rings (SSSR count). The third-order valence-electron chi connectivity index (χ3n) is 3.79. The van der Waals surface area contributed by atoms with E-state index in [-0.39, 0.29) is 25.0 Å². The van der Waals surface area contributed by atoms with Gasteiger partial charge in [0.2, 0.25) is 5.91 Å². The Morgan fingerprint density at radius 2 is 1.81 bits per heavy atom. The van der Waals surface area contributed by atoms with Crippen LogP contribution < -0.4 is 10.6 Å². The van der Waals surface area contributed by atoms with E-state index in [4.69, 9.17) is 16.7 Å². The first kappa shape index (κ1) is 18.4. The number of nitrogens with one attached hydrogen (secondary N) is 2. The van der Waals surface area contributed by atoms with Crippen LogP contribution in [0.25, 0.3) is 10.1 Å². The van der Waals surface area contributed by atoms with Crippen LogP contribution in [0, 0.1) is 0 Å². The number of halogens is 1. The fraction of sp³-hybridized carbons (Fsp3) is 0.158. The first-order chi connectivity index (χ1) is 12.6. The summed E-state index contributed by atoms with van der Waals surface area (Å²) < 4.78 is 0.926. The van der Waals surface area contributed by atoms with Crippen LogP contribution in [0.15, 0.2) is 48.5 Å². The lowest BCUT2D eigenvalue weighted by molar-refractivity contribution is -0.115. The number of hydrogen-bond donors (Lipinski definition) is 3. The van der Waals surface area contributed by atoms with Crippen molar-refractivity contribution in [3.05, 3.63) is 64.0 Å². The summed E-state index contributed by atoms with van der Waals surface area (Å²) in [5.41, 5.74) is 1.61. The smallest absolute Gasteiger partial charge is 0.263 e. The van der Waals surface area contributed by atoms with E-state index in [0.717, 1.165) is 15.6 Å². The molecule has 2 amide bonds. The summed E-state index contributed by atoms with van der Waals surface area (Å²) in [6.45, 7) is -0.0696. The third kappa shape index (κ3) is 4.22. The molecule has 3 N–H and O–H groups in total. The van der Waals surface area contributed by atoms with Crippen molar-refractivity contribution < 1.29 is 14.7 Å². The Morgan fingerprint density at radius 1 is 1.08 bits per heavy atom. The Hall–Kier alpha value is -2.41. The zero-order valence-corrected chi connectivity index (χ0v) is 15.4. The fourth-order valence-electron chi connectivity index (χ4n) is 2.49. The second-order valence-electron chi connectivity index (χ2n) is 5.64. The number of amides is 2. The molecule has 0 saturated heterocycles. The predicted octanol–water partition coefficient (Wildman–Crippen LogP) is 3.46. The molecule has 0 aliphatic carbocycles. The van der Waals surface area contributed by atoms with Gasteiger partial charge in [0.1, 0.15) is 4.88 Å². The van der Waals surface area contributed by atoms with Crippen molar-refractivity contribution >= 4 is 50.5 Å². The van der Waals surface area contributed by atoms with E-state index >= 15 is 0 Å². The highest BCUT2D eigenvalue weighted by molar-refractivity contribution is 7.21. The number of thiophene rings is 1. The zero-order valence-electron chi connectivity index (χ0n) is 13.8. The van der Waals surface area contributed by atoms with Crippen LogP contribution in [0.1, 0.15) is 15.2 Å². The molecule has 134 valence electrons. The lowest BCUT2D eigenvalue weighted by atomic mass is 10.1. The maximum absolute atomic E-state index is 12.3. The Labute approximate surface area is 159 Å². The molecule has 0 aliphatic rings. The third-order valence-corrected chi connectivity index (χ3v) is 5.46. The predicted molar refractivity (Wildman–Crippen MR) is 105 cm³/mol. The lowest BCUT2D eigenvalue weighted by Crippen LogP contribution is -2.32. The average molecular weight is 389 g/mol. The minimum Gasteiger partial charge on any atom is -0.396 e. The Balaban J connectivity index is 1.58. The molecule has 0 radical (unpaired) electrons. The highest BCUT2D eigenvalue weighted by Crippen LogP contribution is 2.34. The topological polar surface area (TPSA) is 78.4 Å². The van der Waals surface area contributed by atoms with Crippen LogP contribution in [0.5, 0.6) is 0 Å². The first-order valence-electron chi connectivity index (χ1n) is 8.03. The van der Waals surface area contributed by atoms with Gasteiger partial charge in [-0.05, 0) is 30.2 Å². The maximum Gasteiger partial charge on any atom is 0.263 e. The molecule has 1 aromatic heterocycles. The monoisotopic (exact) mass is 388 g/mol. The number of hydrogen-bond acceptors (Lipinski definition) is 4. The molecule has 0 fully saturated rings. The summed E-state index contributed by atoms with van der Waals surface area (Å²) in [4.78, 5) is 24.7. The SMILES string of the molecule is O=C(CNC(=O)c1sc2ccccc2c1Cl)Nc1ccc(CCO)cc1. The van der Waals surface area contributed by atoms with E-state index in [2.05, 4.69) is 10.6 Å². The van der Waals surface area contributed by atoms with Gasteiger partial charge < -0.3 is 15.7 Å². The molecule has 0 saturated carbocycles. The molecule has 2 aromatic carbocycles. The molecule has 26 heavy (non-hydrogen) atoms. The largest absolute Gasteiger partial charge is 0.396 e. The number of rotatable bonds is 6. The molecule has 3 aromatic rings. The number of benzene rings is 2. The van der Waals surface area contributed by atoms with Gasteiger partial charge in [0.05, 0.1) is 11.6 Å². The van der Waals surface area contributed by atoms with Gasteiger partial charge in [0.15, 0.2) is 0 Å². The first-order valence-corrected chi connectivity index (χ1v) is 9.23. The fourth-order valence-corrected chi connectivity index (χ4v) is 3.92. The Kier molecular flexibility index (Phi) is 5.88. The van der Waals surface area contributed by atoms with E-state index in [1.807, 2.05) is 36.4 Å². The van der Waals surface area contributed by atoms with Crippen molar-refractivity contribution in [2.75, 3.05) is 18.5 Å². The van der Waals surface area contributed by atoms with E-state index in [0.29, 0.717) is 22.0 Å². The van der Waals surface area contributed by atoms with Gasteiger partial charge in [-0.15, -0.1) is 11.3 Å². The van der Waals surface area contributed by atoms with Crippen LogP contribution in [-0.4, -0.2) is 30.1 Å². The number of anilines is 1. The molecule has 5 nitrogen and oxygen atoms in total.